The largest absolute Gasteiger partial charge is 0.503 e. The number of aliphatic hydroxyl groups excluding tert-OH is 1. The highest BCUT2D eigenvalue weighted by Crippen LogP contribution is 2.44. The van der Waals surface area contributed by atoms with Gasteiger partial charge in [-0.15, -0.1) is 10.2 Å². The van der Waals surface area contributed by atoms with Gasteiger partial charge in [-0.05, 0) is 30.2 Å². The molecule has 37 heavy (non-hydrogen) atoms. The number of nitro benzene ring substituents is 1. The highest BCUT2D eigenvalue weighted by molar-refractivity contribution is 8.00. The first-order valence-electron chi connectivity index (χ1n) is 11.0. The summed E-state index contributed by atoms with van der Waals surface area (Å²) in [4.78, 5) is 38.7. The summed E-state index contributed by atoms with van der Waals surface area (Å²) >= 11 is 2.54. The number of hydrogen-bond donors (Lipinski definition) is 1. The molecular formula is C25H18N4O6S2. The predicted octanol–water partition coefficient (Wildman–Crippen LogP) is 5.42. The maximum Gasteiger partial charge on any atom is 0.296 e. The molecule has 1 N–H and O–H groups in total. The lowest BCUT2D eigenvalue weighted by Crippen LogP contribution is -2.31. The van der Waals surface area contributed by atoms with Crippen molar-refractivity contribution in [2.24, 2.45) is 0 Å². The van der Waals surface area contributed by atoms with Crippen LogP contribution in [0, 0.1) is 17.0 Å². The maximum absolute atomic E-state index is 13.4. The van der Waals surface area contributed by atoms with E-state index in [1.54, 1.807) is 19.1 Å². The SMILES string of the molecule is Cc1ccc(C(=O)C2=C(O)C(=O)N(c3nnc(SCc4ccccc4)s3)C2c2cccc([N+](=O)[O-])c2)o1. The van der Waals surface area contributed by atoms with Gasteiger partial charge in [-0.3, -0.25) is 24.6 Å². The first-order chi connectivity index (χ1) is 17.8. The number of aryl methyl sites for hydroxylation is 1. The fraction of sp³-hybridized carbons (Fsp3) is 0.120. The zero-order valence-corrected chi connectivity index (χ0v) is 20.9. The van der Waals surface area contributed by atoms with Gasteiger partial charge in [0.25, 0.3) is 11.6 Å². The average Bonchev–Trinajstić information content (AvgIpc) is 3.61. The second kappa shape index (κ2) is 9.99. The van der Waals surface area contributed by atoms with Gasteiger partial charge in [-0.1, -0.05) is 65.6 Å². The number of nitrogens with zero attached hydrogens (tertiary/aromatic N) is 4. The van der Waals surface area contributed by atoms with Crippen molar-refractivity contribution < 1.29 is 24.0 Å². The van der Waals surface area contributed by atoms with Gasteiger partial charge in [-0.25, -0.2) is 0 Å². The molecule has 0 radical (unpaired) electrons. The molecule has 10 nitrogen and oxygen atoms in total. The summed E-state index contributed by atoms with van der Waals surface area (Å²) in [6.07, 6.45) is 0. The van der Waals surface area contributed by atoms with Crippen molar-refractivity contribution in [1.82, 2.24) is 10.2 Å². The molecule has 1 unspecified atom stereocenters. The Balaban J connectivity index is 1.54. The molecule has 5 rings (SSSR count). The van der Waals surface area contributed by atoms with Gasteiger partial charge in [0, 0.05) is 17.9 Å². The number of non-ortho nitro benzene ring substituents is 1. The summed E-state index contributed by atoms with van der Waals surface area (Å²) < 4.78 is 6.02. The molecule has 0 aliphatic carbocycles. The minimum atomic E-state index is -1.18. The summed E-state index contributed by atoms with van der Waals surface area (Å²) in [5.74, 6) is -1.31. The van der Waals surface area contributed by atoms with Gasteiger partial charge >= 0.3 is 0 Å². The molecule has 0 fully saturated rings. The topological polar surface area (TPSA) is 140 Å². The van der Waals surface area contributed by atoms with Crippen LogP contribution in [0.3, 0.4) is 0 Å². The second-order valence-corrected chi connectivity index (χ2v) is 10.2. The molecule has 3 heterocycles. The van der Waals surface area contributed by atoms with Crippen molar-refractivity contribution in [2.45, 2.75) is 23.1 Å². The Morgan fingerprint density at radius 3 is 2.65 bits per heavy atom. The lowest BCUT2D eigenvalue weighted by atomic mass is 9.95. The number of amides is 1. The Morgan fingerprint density at radius 2 is 1.95 bits per heavy atom. The number of ketones is 1. The quantitative estimate of drug-likeness (QED) is 0.103. The number of carbonyl (C=O) groups excluding carboxylic acids is 2. The predicted molar refractivity (Wildman–Crippen MR) is 137 cm³/mol. The van der Waals surface area contributed by atoms with Crippen LogP contribution in [0.25, 0.3) is 0 Å². The van der Waals surface area contributed by atoms with Crippen LogP contribution in [0.15, 0.2) is 86.8 Å². The Kier molecular flexibility index (Phi) is 6.59. The normalized spacial score (nSPS) is 15.4. The number of benzene rings is 2. The molecule has 1 aliphatic rings. The molecular weight excluding hydrogens is 516 g/mol. The lowest BCUT2D eigenvalue weighted by Gasteiger charge is -2.23. The maximum atomic E-state index is 13.4. The minimum Gasteiger partial charge on any atom is -0.503 e. The highest BCUT2D eigenvalue weighted by Gasteiger charge is 2.47. The van der Waals surface area contributed by atoms with Gasteiger partial charge in [0.15, 0.2) is 15.9 Å². The number of aromatic nitrogens is 2. The number of hydrogen-bond acceptors (Lipinski definition) is 10. The molecule has 2 aromatic heterocycles. The number of rotatable bonds is 8. The van der Waals surface area contributed by atoms with Crippen LogP contribution >= 0.6 is 23.1 Å². The monoisotopic (exact) mass is 534 g/mol. The van der Waals surface area contributed by atoms with E-state index in [2.05, 4.69) is 10.2 Å². The van der Waals surface area contributed by atoms with E-state index in [9.17, 15) is 24.8 Å². The molecule has 0 bridgehead atoms. The van der Waals surface area contributed by atoms with Gasteiger partial charge in [0.05, 0.1) is 16.5 Å². The molecule has 12 heteroatoms. The van der Waals surface area contributed by atoms with Crippen LogP contribution in [0.5, 0.6) is 0 Å². The van der Waals surface area contributed by atoms with E-state index in [1.807, 2.05) is 30.3 Å². The number of nitro groups is 1. The standard InChI is InChI=1S/C25H18N4O6S2/c1-14-10-11-18(35-14)21(30)19-20(16-8-5-9-17(12-16)29(33)34)28(23(32)22(19)31)24-26-27-25(37-24)36-13-15-6-3-2-4-7-15/h2-12,20,31H,13H2,1H3. The van der Waals surface area contributed by atoms with Crippen LogP contribution in [-0.2, 0) is 10.5 Å². The number of aliphatic hydroxyl groups is 1. The smallest absolute Gasteiger partial charge is 0.296 e. The van der Waals surface area contributed by atoms with Crippen LogP contribution in [0.2, 0.25) is 0 Å². The third kappa shape index (κ3) is 4.76. The second-order valence-electron chi connectivity index (χ2n) is 8.06. The van der Waals surface area contributed by atoms with E-state index in [4.69, 9.17) is 4.42 Å². The number of anilines is 1. The molecule has 1 atom stereocenters. The van der Waals surface area contributed by atoms with E-state index in [0.29, 0.717) is 15.9 Å². The lowest BCUT2D eigenvalue weighted by molar-refractivity contribution is -0.384. The van der Waals surface area contributed by atoms with E-state index >= 15 is 0 Å². The van der Waals surface area contributed by atoms with E-state index in [-0.39, 0.29) is 27.7 Å². The van der Waals surface area contributed by atoms with Crippen molar-refractivity contribution in [3.05, 3.63) is 111 Å². The van der Waals surface area contributed by atoms with Crippen molar-refractivity contribution in [3.63, 3.8) is 0 Å². The molecule has 0 saturated carbocycles. The Labute approximate surface area is 218 Å². The van der Waals surface area contributed by atoms with Gasteiger partial charge < -0.3 is 9.52 Å². The summed E-state index contributed by atoms with van der Waals surface area (Å²) in [6, 6.07) is 17.2. The van der Waals surface area contributed by atoms with Crippen LogP contribution < -0.4 is 4.90 Å². The Bertz CT molecular complexity index is 1550. The summed E-state index contributed by atoms with van der Waals surface area (Å²) in [6.45, 7) is 1.66. The fourth-order valence-corrected chi connectivity index (χ4v) is 5.75. The molecule has 1 amide bonds. The molecule has 4 aromatic rings. The Hall–Kier alpha value is -4.29. The first-order valence-corrected chi connectivity index (χ1v) is 12.8. The number of thioether (sulfide) groups is 1. The third-order valence-electron chi connectivity index (χ3n) is 5.62. The highest BCUT2D eigenvalue weighted by atomic mass is 32.2. The van der Waals surface area contributed by atoms with Crippen molar-refractivity contribution >= 4 is 45.6 Å². The van der Waals surface area contributed by atoms with Crippen LogP contribution in [0.1, 0.15) is 33.5 Å². The molecule has 1 aliphatic heterocycles. The van der Waals surface area contributed by atoms with Crippen molar-refractivity contribution in [3.8, 4) is 0 Å². The number of furan rings is 1. The first kappa shape index (κ1) is 24.4. The third-order valence-corrected chi connectivity index (χ3v) is 7.75. The minimum absolute atomic E-state index is 0.0690. The number of Topliss-reactive ketones (excluding diaryl/α,β-unsaturated/α-hetero) is 1. The van der Waals surface area contributed by atoms with E-state index in [1.165, 1.54) is 36.0 Å². The number of carbonyl (C=O) groups is 2. The summed E-state index contributed by atoms with van der Waals surface area (Å²) in [5.41, 5.74) is 0.852. The zero-order valence-electron chi connectivity index (χ0n) is 19.2. The average molecular weight is 535 g/mol. The zero-order chi connectivity index (χ0) is 26.1. The fourth-order valence-electron chi connectivity index (χ4n) is 3.93. The molecule has 186 valence electrons. The van der Waals surface area contributed by atoms with Crippen LogP contribution in [-0.4, -0.2) is 31.9 Å². The van der Waals surface area contributed by atoms with Gasteiger partial charge in [0.1, 0.15) is 5.76 Å². The Morgan fingerprint density at radius 1 is 1.16 bits per heavy atom. The molecule has 2 aromatic carbocycles. The van der Waals surface area contributed by atoms with Gasteiger partial charge in [0.2, 0.25) is 10.9 Å². The molecule has 0 spiro atoms. The van der Waals surface area contributed by atoms with Crippen molar-refractivity contribution in [2.75, 3.05) is 4.90 Å². The summed E-state index contributed by atoms with van der Waals surface area (Å²) in [5, 5.41) is 30.7. The summed E-state index contributed by atoms with van der Waals surface area (Å²) in [7, 11) is 0. The van der Waals surface area contributed by atoms with E-state index in [0.717, 1.165) is 21.8 Å². The van der Waals surface area contributed by atoms with Crippen LogP contribution in [0.4, 0.5) is 10.8 Å². The molecule has 0 saturated heterocycles. The van der Waals surface area contributed by atoms with Crippen molar-refractivity contribution in [1.29, 1.82) is 0 Å². The van der Waals surface area contributed by atoms with Gasteiger partial charge in [-0.2, -0.15) is 0 Å². The van der Waals surface area contributed by atoms with E-state index < -0.39 is 28.4 Å².